The van der Waals surface area contributed by atoms with Gasteiger partial charge in [-0.3, -0.25) is 0 Å². The van der Waals surface area contributed by atoms with Gasteiger partial charge in [0.15, 0.2) is 0 Å². The largest absolute Gasteiger partial charge is 0.547 e. The van der Waals surface area contributed by atoms with Gasteiger partial charge in [0, 0.05) is 4.47 Å². The first-order chi connectivity index (χ1) is 7.15. The maximum absolute atomic E-state index is 5.78. The van der Waals surface area contributed by atoms with E-state index in [1.807, 2.05) is 6.07 Å². The van der Waals surface area contributed by atoms with E-state index in [1.54, 1.807) is 0 Å². The van der Waals surface area contributed by atoms with E-state index in [0.29, 0.717) is 0 Å². The molecule has 0 atom stereocenters. The Bertz CT molecular complexity index is 482. The van der Waals surface area contributed by atoms with E-state index in [1.165, 1.54) is 10.8 Å². The van der Waals surface area contributed by atoms with Crippen molar-refractivity contribution in [3.63, 3.8) is 0 Å². The van der Waals surface area contributed by atoms with E-state index in [0.717, 1.165) is 10.2 Å². The second-order valence-electron chi connectivity index (χ2n) is 3.82. The van der Waals surface area contributed by atoms with Crippen LogP contribution in [0.4, 0.5) is 0 Å². The number of hydrogen-bond acceptors (Lipinski definition) is 1. The van der Waals surface area contributed by atoms with Gasteiger partial charge >= 0.3 is 0 Å². The standard InChI is InChI=1S/C12H13BrOSi/c1-15(2)14-12-6-4-9-7-11(13)5-3-10(9)8-12/h3-8,15H,1-2H3. The van der Waals surface area contributed by atoms with Gasteiger partial charge in [-0.25, -0.2) is 0 Å². The normalized spacial score (nSPS) is 10.9. The Morgan fingerprint density at radius 2 is 1.67 bits per heavy atom. The van der Waals surface area contributed by atoms with Crippen molar-refractivity contribution in [3.05, 3.63) is 40.9 Å². The molecule has 0 aliphatic carbocycles. The molecule has 0 N–H and O–H groups in total. The molecule has 2 aromatic carbocycles. The van der Waals surface area contributed by atoms with Gasteiger partial charge < -0.3 is 4.43 Å². The lowest BCUT2D eigenvalue weighted by molar-refractivity contribution is 0.582. The molecule has 0 aromatic heterocycles. The molecular formula is C12H13BrOSi. The van der Waals surface area contributed by atoms with Crippen LogP contribution in [0.3, 0.4) is 0 Å². The van der Waals surface area contributed by atoms with Gasteiger partial charge in [-0.15, -0.1) is 0 Å². The third-order valence-electron chi connectivity index (χ3n) is 2.15. The van der Waals surface area contributed by atoms with Crippen LogP contribution in [0.5, 0.6) is 5.75 Å². The Morgan fingerprint density at radius 1 is 1.00 bits per heavy atom. The maximum Gasteiger partial charge on any atom is 0.229 e. The van der Waals surface area contributed by atoms with Gasteiger partial charge in [-0.1, -0.05) is 28.1 Å². The van der Waals surface area contributed by atoms with E-state index < -0.39 is 9.04 Å². The van der Waals surface area contributed by atoms with Crippen LogP contribution in [0.2, 0.25) is 13.1 Å². The van der Waals surface area contributed by atoms with Crippen molar-refractivity contribution in [2.24, 2.45) is 0 Å². The molecule has 78 valence electrons. The van der Waals surface area contributed by atoms with Gasteiger partial charge in [-0.2, -0.15) is 0 Å². The molecule has 0 bridgehead atoms. The SMILES string of the molecule is C[SiH](C)Oc1ccc2cc(Br)ccc2c1. The summed E-state index contributed by atoms with van der Waals surface area (Å²) in [6.45, 7) is 4.34. The maximum atomic E-state index is 5.78. The number of hydrogen-bond donors (Lipinski definition) is 0. The summed E-state index contributed by atoms with van der Waals surface area (Å²) < 4.78 is 6.89. The Balaban J connectivity index is 2.43. The smallest absolute Gasteiger partial charge is 0.229 e. The summed E-state index contributed by atoms with van der Waals surface area (Å²) in [7, 11) is -0.997. The first-order valence-electron chi connectivity index (χ1n) is 5.01. The van der Waals surface area contributed by atoms with E-state index in [-0.39, 0.29) is 0 Å². The van der Waals surface area contributed by atoms with E-state index in [2.05, 4.69) is 59.4 Å². The minimum atomic E-state index is -0.997. The highest BCUT2D eigenvalue weighted by molar-refractivity contribution is 9.10. The van der Waals surface area contributed by atoms with Crippen molar-refractivity contribution in [2.45, 2.75) is 13.1 Å². The van der Waals surface area contributed by atoms with Crippen LogP contribution in [-0.2, 0) is 0 Å². The lowest BCUT2D eigenvalue weighted by Crippen LogP contribution is -2.10. The molecule has 0 aliphatic rings. The second kappa shape index (κ2) is 4.37. The molecular weight excluding hydrogens is 268 g/mol. The molecule has 3 heteroatoms. The summed E-state index contributed by atoms with van der Waals surface area (Å²) in [5.41, 5.74) is 0. The van der Waals surface area contributed by atoms with E-state index >= 15 is 0 Å². The number of rotatable bonds is 2. The molecule has 1 nitrogen and oxygen atoms in total. The van der Waals surface area contributed by atoms with Crippen LogP contribution in [0, 0.1) is 0 Å². The van der Waals surface area contributed by atoms with Crippen molar-refractivity contribution in [1.82, 2.24) is 0 Å². The first-order valence-corrected chi connectivity index (χ1v) is 8.58. The highest BCUT2D eigenvalue weighted by Crippen LogP contribution is 2.24. The van der Waals surface area contributed by atoms with Gasteiger partial charge in [-0.05, 0) is 48.1 Å². The fourth-order valence-electron chi connectivity index (χ4n) is 1.54. The summed E-state index contributed by atoms with van der Waals surface area (Å²) >= 11 is 3.47. The molecule has 15 heavy (non-hydrogen) atoms. The zero-order chi connectivity index (χ0) is 10.8. The quantitative estimate of drug-likeness (QED) is 0.757. The first kappa shape index (κ1) is 10.7. The molecule has 0 saturated carbocycles. The average Bonchev–Trinajstić information content (AvgIpc) is 2.17. The summed E-state index contributed by atoms with van der Waals surface area (Å²) in [6.07, 6.45) is 0. The zero-order valence-corrected chi connectivity index (χ0v) is 11.6. The zero-order valence-electron chi connectivity index (χ0n) is 8.83. The molecule has 2 aromatic rings. The molecule has 0 amide bonds. The van der Waals surface area contributed by atoms with Crippen molar-refractivity contribution in [1.29, 1.82) is 0 Å². The molecule has 0 aliphatic heterocycles. The predicted molar refractivity (Wildman–Crippen MR) is 71.2 cm³/mol. The van der Waals surface area contributed by atoms with Crippen LogP contribution in [0.15, 0.2) is 40.9 Å². The Hall–Kier alpha value is -0.803. The van der Waals surface area contributed by atoms with Gasteiger partial charge in [0.1, 0.15) is 5.75 Å². The number of halogens is 1. The van der Waals surface area contributed by atoms with Crippen LogP contribution in [0.1, 0.15) is 0 Å². The molecule has 0 unspecified atom stereocenters. The van der Waals surface area contributed by atoms with Gasteiger partial charge in [0.25, 0.3) is 0 Å². The summed E-state index contributed by atoms with van der Waals surface area (Å²) in [5.74, 6) is 0.992. The molecule has 0 saturated heterocycles. The highest BCUT2D eigenvalue weighted by atomic mass is 79.9. The summed E-state index contributed by atoms with van der Waals surface area (Å²) in [6, 6.07) is 12.5. The van der Waals surface area contributed by atoms with Crippen LogP contribution >= 0.6 is 15.9 Å². The number of fused-ring (bicyclic) bond motifs is 1. The second-order valence-corrected chi connectivity index (χ2v) is 7.07. The van der Waals surface area contributed by atoms with Gasteiger partial charge in [0.05, 0.1) is 0 Å². The van der Waals surface area contributed by atoms with Crippen LogP contribution in [-0.4, -0.2) is 9.04 Å². The fraction of sp³-hybridized carbons (Fsp3) is 0.167. The van der Waals surface area contributed by atoms with Crippen molar-refractivity contribution in [3.8, 4) is 5.75 Å². The lowest BCUT2D eigenvalue weighted by Gasteiger charge is -2.09. The monoisotopic (exact) mass is 280 g/mol. The average molecular weight is 281 g/mol. The van der Waals surface area contributed by atoms with E-state index in [4.69, 9.17) is 4.43 Å². The Labute approximate surface area is 99.9 Å². The summed E-state index contributed by atoms with van der Waals surface area (Å²) in [5, 5.41) is 2.47. The third kappa shape index (κ3) is 2.61. The number of benzene rings is 2. The van der Waals surface area contributed by atoms with E-state index in [9.17, 15) is 0 Å². The molecule has 0 heterocycles. The van der Waals surface area contributed by atoms with Crippen molar-refractivity contribution < 1.29 is 4.43 Å². The minimum Gasteiger partial charge on any atom is -0.547 e. The minimum absolute atomic E-state index is 0.992. The fourth-order valence-corrected chi connectivity index (χ4v) is 2.61. The topological polar surface area (TPSA) is 9.23 Å². The molecule has 0 fully saturated rings. The summed E-state index contributed by atoms with van der Waals surface area (Å²) in [4.78, 5) is 0. The molecule has 0 radical (unpaired) electrons. The van der Waals surface area contributed by atoms with Crippen LogP contribution in [0.25, 0.3) is 10.8 Å². The van der Waals surface area contributed by atoms with Crippen molar-refractivity contribution in [2.75, 3.05) is 0 Å². The third-order valence-corrected chi connectivity index (χ3v) is 3.38. The Morgan fingerprint density at radius 3 is 2.40 bits per heavy atom. The predicted octanol–water partition coefficient (Wildman–Crippen LogP) is 3.96. The Kier molecular flexibility index (Phi) is 3.12. The lowest BCUT2D eigenvalue weighted by atomic mass is 10.1. The molecule has 0 spiro atoms. The van der Waals surface area contributed by atoms with Gasteiger partial charge in [0.2, 0.25) is 9.04 Å². The van der Waals surface area contributed by atoms with Crippen molar-refractivity contribution >= 4 is 35.7 Å². The highest BCUT2D eigenvalue weighted by Gasteiger charge is 2.00. The molecule has 2 rings (SSSR count). The van der Waals surface area contributed by atoms with Crippen LogP contribution < -0.4 is 4.43 Å².